The monoisotopic (exact) mass is 332 g/mol. The van der Waals surface area contributed by atoms with Crippen LogP contribution in [-0.2, 0) is 11.2 Å². The van der Waals surface area contributed by atoms with Crippen LogP contribution in [0.1, 0.15) is 31.5 Å². The summed E-state index contributed by atoms with van der Waals surface area (Å²) >= 11 is 1.55. The Bertz CT molecular complexity index is 654. The summed E-state index contributed by atoms with van der Waals surface area (Å²) in [6.45, 7) is 6.35. The van der Waals surface area contributed by atoms with Crippen LogP contribution in [0, 0.1) is 12.8 Å². The minimum atomic E-state index is -0.498. The van der Waals surface area contributed by atoms with Crippen LogP contribution in [0.4, 0.5) is 0 Å². The maximum Gasteiger partial charge on any atom is 0.226 e. The molecule has 2 aromatic rings. The third-order valence-electron chi connectivity index (χ3n) is 3.97. The second-order valence-corrected chi connectivity index (χ2v) is 6.81. The number of aliphatic hydroxyl groups excluding tert-OH is 1. The second kappa shape index (κ2) is 8.22. The van der Waals surface area contributed by atoms with Gasteiger partial charge >= 0.3 is 0 Å². The summed E-state index contributed by atoms with van der Waals surface area (Å²) in [6.07, 6.45) is 0.639. The minimum Gasteiger partial charge on any atom is -0.391 e. The number of hydrogen-bond donors (Lipinski definition) is 2. The highest BCUT2D eigenvalue weighted by Crippen LogP contribution is 2.24. The molecule has 2 N–H and O–H groups in total. The maximum absolute atomic E-state index is 12.0. The molecule has 0 saturated heterocycles. The van der Waals surface area contributed by atoms with Crippen LogP contribution >= 0.6 is 11.3 Å². The molecule has 1 aromatic heterocycles. The van der Waals surface area contributed by atoms with E-state index < -0.39 is 6.10 Å². The molecular formula is C18H24N2O2S. The molecule has 4 nitrogen and oxygen atoms in total. The fourth-order valence-electron chi connectivity index (χ4n) is 2.22. The molecule has 2 unspecified atom stereocenters. The number of nitrogens with zero attached hydrogens (tertiary/aromatic N) is 1. The van der Waals surface area contributed by atoms with E-state index in [9.17, 15) is 9.90 Å². The normalized spacial score (nSPS) is 13.6. The van der Waals surface area contributed by atoms with Crippen LogP contribution in [0.5, 0.6) is 0 Å². The Labute approximate surface area is 141 Å². The fraction of sp³-hybridized carbons (Fsp3) is 0.444. The Morgan fingerprint density at radius 1 is 1.43 bits per heavy atom. The lowest BCUT2D eigenvalue weighted by atomic mass is 10.0. The van der Waals surface area contributed by atoms with E-state index >= 15 is 0 Å². The number of aliphatic hydroxyl groups is 1. The van der Waals surface area contributed by atoms with Crippen molar-refractivity contribution in [2.24, 2.45) is 5.92 Å². The number of benzene rings is 1. The van der Waals surface area contributed by atoms with Crippen LogP contribution < -0.4 is 5.32 Å². The molecule has 0 saturated carbocycles. The number of thiazole rings is 1. The van der Waals surface area contributed by atoms with E-state index in [-0.39, 0.29) is 18.2 Å². The summed E-state index contributed by atoms with van der Waals surface area (Å²) < 4.78 is 0. The standard InChI is InChI=1S/C18H24N2O2S/c1-4-13(3)16(21)10-19-17(22)9-15-11-23-18(20-15)14-7-5-6-12(2)8-14/h5-8,11,13,16,21H,4,9-10H2,1-3H3,(H,19,22). The van der Waals surface area contributed by atoms with Gasteiger partial charge in [0, 0.05) is 17.5 Å². The molecular weight excluding hydrogens is 308 g/mol. The number of aromatic nitrogens is 1. The number of amides is 1. The number of aryl methyl sites for hydroxylation is 1. The van der Waals surface area contributed by atoms with Gasteiger partial charge in [-0.05, 0) is 18.9 Å². The highest BCUT2D eigenvalue weighted by Gasteiger charge is 2.14. The van der Waals surface area contributed by atoms with Gasteiger partial charge in [-0.15, -0.1) is 11.3 Å². The van der Waals surface area contributed by atoms with Gasteiger partial charge < -0.3 is 10.4 Å². The third-order valence-corrected chi connectivity index (χ3v) is 4.91. The van der Waals surface area contributed by atoms with E-state index in [1.807, 2.05) is 44.4 Å². The fourth-order valence-corrected chi connectivity index (χ4v) is 3.03. The molecule has 1 heterocycles. The van der Waals surface area contributed by atoms with E-state index in [0.717, 1.165) is 22.7 Å². The molecule has 2 atom stereocenters. The van der Waals surface area contributed by atoms with Crippen LogP contribution in [0.15, 0.2) is 29.6 Å². The highest BCUT2D eigenvalue weighted by molar-refractivity contribution is 7.13. The summed E-state index contributed by atoms with van der Waals surface area (Å²) in [4.78, 5) is 16.5. The van der Waals surface area contributed by atoms with Crippen LogP contribution in [0.3, 0.4) is 0 Å². The van der Waals surface area contributed by atoms with Gasteiger partial charge in [0.1, 0.15) is 5.01 Å². The van der Waals surface area contributed by atoms with Crippen molar-refractivity contribution >= 4 is 17.2 Å². The molecule has 5 heteroatoms. The molecule has 0 fully saturated rings. The molecule has 0 spiro atoms. The lowest BCUT2D eigenvalue weighted by molar-refractivity contribution is -0.121. The van der Waals surface area contributed by atoms with Gasteiger partial charge in [0.25, 0.3) is 0 Å². The largest absolute Gasteiger partial charge is 0.391 e. The molecule has 0 bridgehead atoms. The molecule has 0 aliphatic carbocycles. The molecule has 1 aromatic carbocycles. The number of hydrogen-bond acceptors (Lipinski definition) is 4. The molecule has 124 valence electrons. The molecule has 23 heavy (non-hydrogen) atoms. The predicted octanol–water partition coefficient (Wildman–Crippen LogP) is 3.18. The Morgan fingerprint density at radius 2 is 2.22 bits per heavy atom. The maximum atomic E-state index is 12.0. The van der Waals surface area contributed by atoms with Gasteiger partial charge in [0.05, 0.1) is 18.2 Å². The first-order valence-corrected chi connectivity index (χ1v) is 8.83. The van der Waals surface area contributed by atoms with Crippen molar-refractivity contribution in [3.63, 3.8) is 0 Å². The molecule has 0 aliphatic heterocycles. The van der Waals surface area contributed by atoms with Crippen molar-refractivity contribution in [1.29, 1.82) is 0 Å². The van der Waals surface area contributed by atoms with Gasteiger partial charge in [-0.2, -0.15) is 0 Å². The summed E-state index contributed by atoms with van der Waals surface area (Å²) in [6, 6.07) is 8.17. The third kappa shape index (κ3) is 5.15. The lowest BCUT2D eigenvalue weighted by Gasteiger charge is -2.17. The average molecular weight is 332 g/mol. The number of carbonyl (C=O) groups excluding carboxylic acids is 1. The summed E-state index contributed by atoms with van der Waals surface area (Å²) in [5.74, 6) is 0.0796. The summed E-state index contributed by atoms with van der Waals surface area (Å²) in [5.41, 5.74) is 3.03. The van der Waals surface area contributed by atoms with Crippen LogP contribution in [0.2, 0.25) is 0 Å². The summed E-state index contributed by atoms with van der Waals surface area (Å²) in [5, 5.41) is 15.5. The topological polar surface area (TPSA) is 62.2 Å². The first kappa shape index (κ1) is 17.6. The van der Waals surface area contributed by atoms with Crippen molar-refractivity contribution < 1.29 is 9.90 Å². The zero-order chi connectivity index (χ0) is 16.8. The molecule has 0 radical (unpaired) electrons. The quantitative estimate of drug-likeness (QED) is 0.818. The van der Waals surface area contributed by atoms with E-state index in [1.54, 1.807) is 11.3 Å². The smallest absolute Gasteiger partial charge is 0.226 e. The van der Waals surface area contributed by atoms with E-state index in [2.05, 4.69) is 16.4 Å². The van der Waals surface area contributed by atoms with Crippen LogP contribution in [-0.4, -0.2) is 28.6 Å². The van der Waals surface area contributed by atoms with Crippen molar-refractivity contribution in [3.05, 3.63) is 40.9 Å². The molecule has 1 amide bonds. The number of nitrogens with one attached hydrogen (secondary N) is 1. The van der Waals surface area contributed by atoms with Gasteiger partial charge in [-0.25, -0.2) is 4.98 Å². The Kier molecular flexibility index (Phi) is 6.30. The first-order valence-electron chi connectivity index (χ1n) is 7.95. The van der Waals surface area contributed by atoms with Crippen molar-refractivity contribution in [1.82, 2.24) is 10.3 Å². The highest BCUT2D eigenvalue weighted by atomic mass is 32.1. The van der Waals surface area contributed by atoms with E-state index in [4.69, 9.17) is 0 Å². The van der Waals surface area contributed by atoms with Gasteiger partial charge in [-0.3, -0.25) is 4.79 Å². The SMILES string of the molecule is CCC(C)C(O)CNC(=O)Cc1csc(-c2cccc(C)c2)n1. The first-order chi connectivity index (χ1) is 11.0. The summed E-state index contributed by atoms with van der Waals surface area (Å²) in [7, 11) is 0. The predicted molar refractivity (Wildman–Crippen MR) is 94.5 cm³/mol. The van der Waals surface area contributed by atoms with Gasteiger partial charge in [0.15, 0.2) is 0 Å². The van der Waals surface area contributed by atoms with Crippen molar-refractivity contribution in [2.75, 3.05) is 6.54 Å². The Morgan fingerprint density at radius 3 is 2.91 bits per heavy atom. The average Bonchev–Trinajstić information content (AvgIpc) is 3.00. The molecule has 0 aliphatic rings. The lowest BCUT2D eigenvalue weighted by Crippen LogP contribution is -2.36. The Hall–Kier alpha value is -1.72. The van der Waals surface area contributed by atoms with E-state index in [0.29, 0.717) is 6.54 Å². The second-order valence-electron chi connectivity index (χ2n) is 5.95. The minimum absolute atomic E-state index is 0.103. The number of rotatable bonds is 7. The van der Waals surface area contributed by atoms with Gasteiger partial charge in [0.2, 0.25) is 5.91 Å². The number of carbonyl (C=O) groups is 1. The van der Waals surface area contributed by atoms with Gasteiger partial charge in [-0.1, -0.05) is 44.0 Å². The van der Waals surface area contributed by atoms with Crippen molar-refractivity contribution in [3.8, 4) is 10.6 Å². The zero-order valence-electron chi connectivity index (χ0n) is 13.9. The van der Waals surface area contributed by atoms with Crippen LogP contribution in [0.25, 0.3) is 10.6 Å². The Balaban J connectivity index is 1.90. The van der Waals surface area contributed by atoms with E-state index in [1.165, 1.54) is 5.56 Å². The zero-order valence-corrected chi connectivity index (χ0v) is 14.7. The molecule has 2 rings (SSSR count). The van der Waals surface area contributed by atoms with Crippen molar-refractivity contribution in [2.45, 2.75) is 39.7 Å².